The summed E-state index contributed by atoms with van der Waals surface area (Å²) in [6, 6.07) is 22.1. The van der Waals surface area contributed by atoms with Crippen molar-refractivity contribution in [3.8, 4) is 5.69 Å². The predicted octanol–water partition coefficient (Wildman–Crippen LogP) is 4.55. The number of aromatic nitrogens is 3. The Morgan fingerprint density at radius 3 is 2.32 bits per heavy atom. The van der Waals surface area contributed by atoms with Gasteiger partial charge in [0.15, 0.2) is 0 Å². The number of halogens is 1. The molecule has 2 aromatic heterocycles. The van der Waals surface area contributed by atoms with Crippen molar-refractivity contribution in [3.05, 3.63) is 121 Å². The van der Waals surface area contributed by atoms with Gasteiger partial charge in [0.1, 0.15) is 0 Å². The summed E-state index contributed by atoms with van der Waals surface area (Å²) in [5, 5.41) is 1.14. The van der Waals surface area contributed by atoms with E-state index >= 15 is 0 Å². The highest BCUT2D eigenvalue weighted by Crippen LogP contribution is 2.16. The summed E-state index contributed by atoms with van der Waals surface area (Å²) >= 11 is 6.00. The maximum absolute atomic E-state index is 13.6. The molecule has 31 heavy (non-hydrogen) atoms. The van der Waals surface area contributed by atoms with Crippen LogP contribution in [0.25, 0.3) is 22.4 Å². The number of rotatable bonds is 3. The van der Waals surface area contributed by atoms with E-state index < -0.39 is 0 Å². The van der Waals surface area contributed by atoms with Gasteiger partial charge >= 0.3 is 0 Å². The van der Waals surface area contributed by atoms with Crippen LogP contribution in [0.1, 0.15) is 16.7 Å². The van der Waals surface area contributed by atoms with Gasteiger partial charge in [-0.05, 0) is 48.9 Å². The predicted molar refractivity (Wildman–Crippen MR) is 124 cm³/mol. The quantitative estimate of drug-likeness (QED) is 0.397. The third-order valence-electron chi connectivity index (χ3n) is 5.35. The van der Waals surface area contributed by atoms with Gasteiger partial charge < -0.3 is 0 Å². The zero-order valence-corrected chi connectivity index (χ0v) is 17.5. The molecule has 0 aliphatic carbocycles. The molecule has 0 aliphatic rings. The molecule has 5 aromatic rings. The molecule has 0 fully saturated rings. The summed E-state index contributed by atoms with van der Waals surface area (Å²) in [4.78, 5) is 31.5. The Labute approximate surface area is 182 Å². The number of hydrogen-bond acceptors (Lipinski definition) is 3. The second kappa shape index (κ2) is 7.52. The monoisotopic (exact) mass is 427 g/mol. The van der Waals surface area contributed by atoms with Crippen molar-refractivity contribution in [3.63, 3.8) is 0 Å². The first-order valence-electron chi connectivity index (χ1n) is 9.89. The van der Waals surface area contributed by atoms with Crippen molar-refractivity contribution in [2.24, 2.45) is 0 Å². The fraction of sp³-hybridized carbons (Fsp3) is 0.0800. The van der Waals surface area contributed by atoms with Crippen LogP contribution in [0.4, 0.5) is 0 Å². The lowest BCUT2D eigenvalue weighted by molar-refractivity contribution is 0.875. The Morgan fingerprint density at radius 2 is 1.58 bits per heavy atom. The van der Waals surface area contributed by atoms with Crippen molar-refractivity contribution in [1.82, 2.24) is 14.0 Å². The average molecular weight is 428 g/mol. The maximum atomic E-state index is 13.6. The molecule has 0 N–H and O–H groups in total. The minimum Gasteiger partial charge on any atom is -0.268 e. The molecule has 0 spiro atoms. The van der Waals surface area contributed by atoms with Gasteiger partial charge in [0.25, 0.3) is 11.1 Å². The van der Waals surface area contributed by atoms with Gasteiger partial charge in [0.05, 0.1) is 16.6 Å². The third-order valence-corrected chi connectivity index (χ3v) is 5.60. The molecule has 0 radical (unpaired) electrons. The Balaban J connectivity index is 1.85. The van der Waals surface area contributed by atoms with Crippen LogP contribution >= 0.6 is 11.6 Å². The van der Waals surface area contributed by atoms with Gasteiger partial charge in [-0.2, -0.15) is 0 Å². The molecule has 6 heteroatoms. The Kier molecular flexibility index (Phi) is 4.68. The van der Waals surface area contributed by atoms with Crippen LogP contribution in [-0.4, -0.2) is 14.0 Å². The van der Waals surface area contributed by atoms with Crippen LogP contribution < -0.4 is 11.1 Å². The van der Waals surface area contributed by atoms with Crippen LogP contribution in [0, 0.1) is 6.92 Å². The molecular weight excluding hydrogens is 410 g/mol. The van der Waals surface area contributed by atoms with E-state index in [1.165, 1.54) is 8.97 Å². The number of benzene rings is 3. The second-order valence-corrected chi connectivity index (χ2v) is 7.97. The van der Waals surface area contributed by atoms with Crippen LogP contribution in [0.5, 0.6) is 0 Å². The molecule has 5 rings (SSSR count). The van der Waals surface area contributed by atoms with Crippen molar-refractivity contribution >= 4 is 28.3 Å². The number of nitrogens with zero attached hydrogens (tertiary/aromatic N) is 3. The summed E-state index contributed by atoms with van der Waals surface area (Å²) in [6.45, 7) is 1.98. The zero-order valence-electron chi connectivity index (χ0n) is 16.7. The highest BCUT2D eigenvalue weighted by Gasteiger charge is 2.16. The first kappa shape index (κ1) is 19.3. The topological polar surface area (TPSA) is 56.4 Å². The lowest BCUT2D eigenvalue weighted by atomic mass is 10.1. The van der Waals surface area contributed by atoms with Gasteiger partial charge in [-0.15, -0.1) is 0 Å². The normalized spacial score (nSPS) is 11.3. The Bertz CT molecular complexity index is 1550. The fourth-order valence-electron chi connectivity index (χ4n) is 3.72. The maximum Gasteiger partial charge on any atom is 0.266 e. The van der Waals surface area contributed by atoms with Crippen LogP contribution in [0.3, 0.4) is 0 Å². The van der Waals surface area contributed by atoms with E-state index in [0.29, 0.717) is 33.6 Å². The Morgan fingerprint density at radius 1 is 0.871 bits per heavy atom. The molecule has 0 bridgehead atoms. The average Bonchev–Trinajstić information content (AvgIpc) is 2.78. The largest absolute Gasteiger partial charge is 0.268 e. The molecule has 5 nitrogen and oxygen atoms in total. The van der Waals surface area contributed by atoms with Gasteiger partial charge in [0, 0.05) is 23.2 Å². The van der Waals surface area contributed by atoms with E-state index in [1.807, 2.05) is 55.5 Å². The van der Waals surface area contributed by atoms with Crippen molar-refractivity contribution in [2.75, 3.05) is 0 Å². The van der Waals surface area contributed by atoms with Crippen LogP contribution in [-0.2, 0) is 6.42 Å². The van der Waals surface area contributed by atoms with Gasteiger partial charge in [0.2, 0.25) is 5.78 Å². The Hall–Kier alpha value is -3.70. The minimum atomic E-state index is -0.209. The van der Waals surface area contributed by atoms with E-state index in [0.717, 1.165) is 11.1 Å². The highest BCUT2D eigenvalue weighted by atomic mass is 35.5. The summed E-state index contributed by atoms with van der Waals surface area (Å²) in [7, 11) is 0. The van der Waals surface area contributed by atoms with Gasteiger partial charge in [-0.3, -0.25) is 14.0 Å². The zero-order chi connectivity index (χ0) is 21.5. The molecule has 0 amide bonds. The van der Waals surface area contributed by atoms with Crippen LogP contribution in [0.15, 0.2) is 88.6 Å². The van der Waals surface area contributed by atoms with E-state index in [9.17, 15) is 9.59 Å². The molecule has 152 valence electrons. The van der Waals surface area contributed by atoms with Gasteiger partial charge in [-0.1, -0.05) is 53.6 Å². The SMILES string of the molecule is Cc1ccc(-n2c(=O)c(Cc3ccc(Cl)cc3)cn3c(=O)c4ccccc4nc23)cc1. The van der Waals surface area contributed by atoms with Crippen molar-refractivity contribution in [2.45, 2.75) is 13.3 Å². The van der Waals surface area contributed by atoms with Gasteiger partial charge in [-0.25, -0.2) is 9.55 Å². The van der Waals surface area contributed by atoms with Crippen molar-refractivity contribution < 1.29 is 0 Å². The van der Waals surface area contributed by atoms with E-state index in [4.69, 9.17) is 11.6 Å². The first-order chi connectivity index (χ1) is 15.0. The molecule has 0 atom stereocenters. The highest BCUT2D eigenvalue weighted by molar-refractivity contribution is 6.30. The summed E-state index contributed by atoms with van der Waals surface area (Å²) in [6.07, 6.45) is 1.98. The van der Waals surface area contributed by atoms with E-state index in [-0.39, 0.29) is 16.9 Å². The smallest absolute Gasteiger partial charge is 0.266 e. The molecule has 0 saturated heterocycles. The summed E-state index contributed by atoms with van der Waals surface area (Å²) in [5.74, 6) is 0.289. The molecule has 0 aliphatic heterocycles. The second-order valence-electron chi connectivity index (χ2n) is 7.54. The summed E-state index contributed by atoms with van der Waals surface area (Å²) < 4.78 is 2.98. The van der Waals surface area contributed by atoms with Crippen LogP contribution in [0.2, 0.25) is 5.02 Å². The summed E-state index contributed by atoms with van der Waals surface area (Å²) in [5.41, 5.74) is 3.30. The molecule has 0 unspecified atom stereocenters. The first-order valence-corrected chi connectivity index (χ1v) is 10.3. The lowest BCUT2D eigenvalue weighted by Gasteiger charge is -2.14. The number of para-hydroxylation sites is 1. The molecule has 2 heterocycles. The standard InChI is InChI=1S/C25H18ClN3O2/c1-16-6-12-20(13-7-16)29-23(30)18(14-17-8-10-19(26)11-9-17)15-28-24(31)21-4-2-3-5-22(21)27-25(28)29/h2-13,15H,14H2,1H3. The van der Waals surface area contributed by atoms with E-state index in [2.05, 4.69) is 4.98 Å². The third kappa shape index (κ3) is 3.43. The van der Waals surface area contributed by atoms with Crippen molar-refractivity contribution in [1.29, 1.82) is 0 Å². The number of fused-ring (bicyclic) bond motifs is 2. The van der Waals surface area contributed by atoms with E-state index in [1.54, 1.807) is 30.5 Å². The number of aryl methyl sites for hydroxylation is 1. The number of hydrogen-bond donors (Lipinski definition) is 0. The molecule has 0 saturated carbocycles. The molecular formula is C25H18ClN3O2. The molecule has 3 aromatic carbocycles. The minimum absolute atomic E-state index is 0.207. The lowest BCUT2D eigenvalue weighted by Crippen LogP contribution is -2.30. The fourth-order valence-corrected chi connectivity index (χ4v) is 3.85.